The van der Waals surface area contributed by atoms with Crippen molar-refractivity contribution in [2.24, 2.45) is 0 Å². The van der Waals surface area contributed by atoms with E-state index in [4.69, 9.17) is 4.74 Å². The molecule has 3 amide bonds. The normalized spacial score (nSPS) is 17.4. The summed E-state index contributed by atoms with van der Waals surface area (Å²) in [7, 11) is 0. The van der Waals surface area contributed by atoms with Crippen LogP contribution in [0.4, 0.5) is 5.69 Å². The Morgan fingerprint density at radius 1 is 1.30 bits per heavy atom. The summed E-state index contributed by atoms with van der Waals surface area (Å²) < 4.78 is 5.34. The van der Waals surface area contributed by atoms with Gasteiger partial charge in [0.1, 0.15) is 17.6 Å². The van der Waals surface area contributed by atoms with Crippen molar-refractivity contribution in [1.82, 2.24) is 25.2 Å². The largest absolute Gasteiger partial charge is 0.482 e. The number of ether oxygens (including phenoxy) is 1. The van der Waals surface area contributed by atoms with E-state index in [1.54, 1.807) is 23.1 Å². The molecule has 3 aromatic rings. The SMILES string of the molecule is O=C1COc2ccc(CNC(=O)c3ncnc4c(C(=O)N5CCC[C@H]5CO)c[nH]c34)cc2N1. The van der Waals surface area contributed by atoms with Crippen LogP contribution in [0.3, 0.4) is 0 Å². The summed E-state index contributed by atoms with van der Waals surface area (Å²) in [6.45, 7) is 0.661. The zero-order valence-electron chi connectivity index (χ0n) is 17.6. The number of aliphatic hydroxyl groups is 1. The number of aromatic amines is 1. The second-order valence-electron chi connectivity index (χ2n) is 7.98. The molecule has 0 spiro atoms. The lowest BCUT2D eigenvalue weighted by molar-refractivity contribution is -0.118. The fourth-order valence-electron chi connectivity index (χ4n) is 4.23. The van der Waals surface area contributed by atoms with Crippen molar-refractivity contribution >= 4 is 34.4 Å². The summed E-state index contributed by atoms with van der Waals surface area (Å²) >= 11 is 0. The molecule has 2 aromatic heterocycles. The Labute approximate surface area is 188 Å². The van der Waals surface area contributed by atoms with E-state index >= 15 is 0 Å². The highest BCUT2D eigenvalue weighted by molar-refractivity contribution is 6.10. The molecule has 11 nitrogen and oxygen atoms in total. The van der Waals surface area contributed by atoms with Crippen molar-refractivity contribution in [1.29, 1.82) is 0 Å². The summed E-state index contributed by atoms with van der Waals surface area (Å²) in [5, 5.41) is 15.1. The minimum Gasteiger partial charge on any atom is -0.482 e. The quantitative estimate of drug-likeness (QED) is 0.449. The molecule has 0 aliphatic carbocycles. The monoisotopic (exact) mass is 450 g/mol. The summed E-state index contributed by atoms with van der Waals surface area (Å²) in [6, 6.07) is 5.06. The van der Waals surface area contributed by atoms with Crippen molar-refractivity contribution in [2.45, 2.75) is 25.4 Å². The first-order valence-corrected chi connectivity index (χ1v) is 10.6. The Morgan fingerprint density at radius 2 is 2.18 bits per heavy atom. The zero-order valence-corrected chi connectivity index (χ0v) is 17.6. The first kappa shape index (κ1) is 20.9. The van der Waals surface area contributed by atoms with Crippen LogP contribution in [0, 0.1) is 0 Å². The van der Waals surface area contributed by atoms with E-state index in [1.165, 1.54) is 12.5 Å². The van der Waals surface area contributed by atoms with E-state index < -0.39 is 5.91 Å². The number of likely N-dealkylation sites (tertiary alicyclic amines) is 1. The molecule has 0 unspecified atom stereocenters. The Kier molecular flexibility index (Phi) is 5.38. The van der Waals surface area contributed by atoms with Gasteiger partial charge in [-0.05, 0) is 30.5 Å². The number of fused-ring (bicyclic) bond motifs is 2. The van der Waals surface area contributed by atoms with Gasteiger partial charge in [-0.3, -0.25) is 14.4 Å². The van der Waals surface area contributed by atoms with Crippen LogP contribution < -0.4 is 15.4 Å². The maximum absolute atomic E-state index is 13.0. The lowest BCUT2D eigenvalue weighted by Gasteiger charge is -2.22. The number of carbonyl (C=O) groups is 3. The first-order chi connectivity index (χ1) is 16.0. The molecule has 5 rings (SSSR count). The summed E-state index contributed by atoms with van der Waals surface area (Å²) in [6.07, 6.45) is 4.37. The Morgan fingerprint density at radius 3 is 3.03 bits per heavy atom. The highest BCUT2D eigenvalue weighted by Crippen LogP contribution is 2.28. The van der Waals surface area contributed by atoms with Gasteiger partial charge in [0.25, 0.3) is 17.7 Å². The van der Waals surface area contributed by atoms with Crippen LogP contribution in [0.25, 0.3) is 11.0 Å². The number of hydrogen-bond acceptors (Lipinski definition) is 7. The topological polar surface area (TPSA) is 150 Å². The van der Waals surface area contributed by atoms with Gasteiger partial charge in [0, 0.05) is 19.3 Å². The Hall–Kier alpha value is -3.99. The number of aromatic nitrogens is 3. The van der Waals surface area contributed by atoms with E-state index in [0.29, 0.717) is 34.6 Å². The van der Waals surface area contributed by atoms with Crippen LogP contribution in [-0.4, -0.2) is 68.5 Å². The van der Waals surface area contributed by atoms with Gasteiger partial charge in [-0.2, -0.15) is 0 Å². The number of hydrogen-bond donors (Lipinski definition) is 4. The standard InChI is InChI=1S/C22H22N6O5/c29-9-13-2-1-5-28(13)22(32)14-8-23-19-18(14)25-11-26-20(19)21(31)24-7-12-3-4-16-15(6-12)27-17(30)10-33-16/h3-4,6,8,11,13,23,29H,1-2,5,7,9-10H2,(H,24,31)(H,27,30)/t13-/m0/s1. The van der Waals surface area contributed by atoms with E-state index in [1.807, 2.05) is 0 Å². The number of carbonyl (C=O) groups excluding carboxylic acids is 3. The summed E-state index contributed by atoms with van der Waals surface area (Å²) in [5.41, 5.74) is 2.50. The summed E-state index contributed by atoms with van der Waals surface area (Å²) in [4.78, 5) is 50.3. The summed E-state index contributed by atoms with van der Waals surface area (Å²) in [5.74, 6) is -0.326. The third kappa shape index (κ3) is 3.87. The van der Waals surface area contributed by atoms with Crippen LogP contribution in [0.15, 0.2) is 30.7 Å². The molecule has 1 atom stereocenters. The second kappa shape index (κ2) is 8.51. The Balaban J connectivity index is 1.34. The van der Waals surface area contributed by atoms with Crippen molar-refractivity contribution in [2.75, 3.05) is 25.1 Å². The minimum absolute atomic E-state index is 0.0220. The molecule has 0 radical (unpaired) electrons. The molecule has 11 heteroatoms. The van der Waals surface area contributed by atoms with Gasteiger partial charge in [-0.25, -0.2) is 9.97 Å². The predicted molar refractivity (Wildman–Crippen MR) is 117 cm³/mol. The lowest BCUT2D eigenvalue weighted by atomic mass is 10.1. The number of nitrogens with one attached hydrogen (secondary N) is 3. The van der Waals surface area contributed by atoms with Gasteiger partial charge in [0.2, 0.25) is 0 Å². The van der Waals surface area contributed by atoms with Gasteiger partial charge in [0.05, 0.1) is 29.4 Å². The smallest absolute Gasteiger partial charge is 0.272 e. The average Bonchev–Trinajstić information content (AvgIpc) is 3.48. The number of benzene rings is 1. The minimum atomic E-state index is -0.435. The van der Waals surface area contributed by atoms with Gasteiger partial charge < -0.3 is 30.4 Å². The highest BCUT2D eigenvalue weighted by Gasteiger charge is 2.31. The van der Waals surface area contributed by atoms with Gasteiger partial charge in [0.15, 0.2) is 12.3 Å². The maximum Gasteiger partial charge on any atom is 0.272 e. The molecule has 1 fully saturated rings. The average molecular weight is 450 g/mol. The van der Waals surface area contributed by atoms with Crippen molar-refractivity contribution in [3.63, 3.8) is 0 Å². The number of anilines is 1. The molecular formula is C22H22N6O5. The Bertz CT molecular complexity index is 1260. The molecule has 0 saturated carbocycles. The molecule has 1 saturated heterocycles. The second-order valence-corrected chi connectivity index (χ2v) is 7.98. The van der Waals surface area contributed by atoms with Crippen LogP contribution in [0.2, 0.25) is 0 Å². The van der Waals surface area contributed by atoms with E-state index in [0.717, 1.165) is 18.4 Å². The van der Waals surface area contributed by atoms with Crippen LogP contribution in [0.5, 0.6) is 5.75 Å². The highest BCUT2D eigenvalue weighted by atomic mass is 16.5. The maximum atomic E-state index is 13.0. The van der Waals surface area contributed by atoms with E-state index in [-0.39, 0.29) is 43.3 Å². The van der Waals surface area contributed by atoms with Gasteiger partial charge in [-0.1, -0.05) is 6.07 Å². The third-order valence-corrected chi connectivity index (χ3v) is 5.89. The van der Waals surface area contributed by atoms with Crippen LogP contribution >= 0.6 is 0 Å². The van der Waals surface area contributed by atoms with Crippen LogP contribution in [-0.2, 0) is 11.3 Å². The third-order valence-electron chi connectivity index (χ3n) is 5.89. The number of amides is 3. The number of H-pyrrole nitrogens is 1. The molecular weight excluding hydrogens is 428 g/mol. The molecule has 2 aliphatic heterocycles. The molecule has 33 heavy (non-hydrogen) atoms. The van der Waals surface area contributed by atoms with Crippen LogP contribution in [0.1, 0.15) is 39.3 Å². The molecule has 170 valence electrons. The van der Waals surface area contributed by atoms with E-state index in [9.17, 15) is 19.5 Å². The fraction of sp³-hybridized carbons (Fsp3) is 0.318. The van der Waals surface area contributed by atoms with Crippen molar-refractivity contribution in [3.8, 4) is 5.75 Å². The number of rotatable bonds is 5. The molecule has 0 bridgehead atoms. The van der Waals surface area contributed by atoms with Gasteiger partial charge in [-0.15, -0.1) is 0 Å². The zero-order chi connectivity index (χ0) is 22.9. The van der Waals surface area contributed by atoms with Crippen molar-refractivity contribution < 1.29 is 24.2 Å². The molecule has 2 aliphatic rings. The van der Waals surface area contributed by atoms with Gasteiger partial charge >= 0.3 is 0 Å². The van der Waals surface area contributed by atoms with Crippen molar-refractivity contribution in [3.05, 3.63) is 47.5 Å². The fourth-order valence-corrected chi connectivity index (χ4v) is 4.23. The number of nitrogens with zero attached hydrogens (tertiary/aromatic N) is 3. The lowest BCUT2D eigenvalue weighted by Crippen LogP contribution is -2.37. The number of aliphatic hydroxyl groups excluding tert-OH is 1. The van der Waals surface area contributed by atoms with E-state index in [2.05, 4.69) is 25.6 Å². The first-order valence-electron chi connectivity index (χ1n) is 10.6. The molecule has 1 aromatic carbocycles. The molecule has 4 N–H and O–H groups in total. The molecule has 4 heterocycles. The predicted octanol–water partition coefficient (Wildman–Crippen LogP) is 0.816.